The molecule has 0 radical (unpaired) electrons. The van der Waals surface area contributed by atoms with Gasteiger partial charge < -0.3 is 14.8 Å². The summed E-state index contributed by atoms with van der Waals surface area (Å²) in [6.45, 7) is 4.03. The Bertz CT molecular complexity index is 1100. The van der Waals surface area contributed by atoms with Crippen LogP contribution in [-0.2, 0) is 4.79 Å². The number of rotatable bonds is 9. The highest BCUT2D eigenvalue weighted by Crippen LogP contribution is 2.28. The Labute approximate surface area is 186 Å². The van der Waals surface area contributed by atoms with E-state index in [0.717, 1.165) is 11.3 Å². The van der Waals surface area contributed by atoms with Gasteiger partial charge in [-0.1, -0.05) is 18.2 Å². The van der Waals surface area contributed by atoms with E-state index in [1.807, 2.05) is 38.1 Å². The second-order valence-electron chi connectivity index (χ2n) is 6.73. The molecular weight excluding hydrogens is 408 g/mol. The van der Waals surface area contributed by atoms with Crippen LogP contribution in [0.3, 0.4) is 0 Å². The van der Waals surface area contributed by atoms with Gasteiger partial charge in [-0.05, 0) is 61.4 Å². The maximum absolute atomic E-state index is 12.3. The van der Waals surface area contributed by atoms with E-state index in [1.165, 1.54) is 18.6 Å². The van der Waals surface area contributed by atoms with E-state index in [9.17, 15) is 9.59 Å². The van der Waals surface area contributed by atoms with Crippen LogP contribution in [0.25, 0.3) is 0 Å². The number of hydrazone groups is 1. The molecule has 164 valence electrons. The van der Waals surface area contributed by atoms with Crippen LogP contribution in [0.5, 0.6) is 11.5 Å². The quantitative estimate of drug-likeness (QED) is 0.398. The van der Waals surface area contributed by atoms with Gasteiger partial charge in [-0.25, -0.2) is 5.43 Å². The average molecular weight is 432 g/mol. The number of para-hydroxylation sites is 1. The second-order valence-corrected chi connectivity index (χ2v) is 6.73. The highest BCUT2D eigenvalue weighted by molar-refractivity contribution is 5.95. The van der Waals surface area contributed by atoms with E-state index < -0.39 is 0 Å². The minimum absolute atomic E-state index is 0.163. The largest absolute Gasteiger partial charge is 0.490 e. The molecule has 0 atom stereocenters. The number of carbonyl (C=O) groups is 2. The molecule has 8 heteroatoms. The molecule has 0 bridgehead atoms. The van der Waals surface area contributed by atoms with Crippen LogP contribution in [0.15, 0.2) is 72.1 Å². The molecule has 0 aliphatic rings. The summed E-state index contributed by atoms with van der Waals surface area (Å²) in [7, 11) is 0. The highest BCUT2D eigenvalue weighted by Gasteiger charge is 2.10. The Morgan fingerprint density at radius 3 is 2.56 bits per heavy atom. The first-order chi connectivity index (χ1) is 15.6. The summed E-state index contributed by atoms with van der Waals surface area (Å²) in [5.41, 5.74) is 5.32. The number of anilines is 1. The molecule has 3 aromatic rings. The van der Waals surface area contributed by atoms with Crippen molar-refractivity contribution in [3.8, 4) is 11.5 Å². The number of aryl methyl sites for hydroxylation is 1. The van der Waals surface area contributed by atoms with Gasteiger partial charge in [-0.15, -0.1) is 0 Å². The van der Waals surface area contributed by atoms with Gasteiger partial charge >= 0.3 is 0 Å². The molecule has 0 saturated carbocycles. The summed E-state index contributed by atoms with van der Waals surface area (Å²) in [6.07, 6.45) is 4.57. The topological polar surface area (TPSA) is 102 Å². The van der Waals surface area contributed by atoms with Crippen molar-refractivity contribution in [3.05, 3.63) is 83.7 Å². The normalized spacial score (nSPS) is 10.6. The van der Waals surface area contributed by atoms with Crippen molar-refractivity contribution in [1.29, 1.82) is 0 Å². The van der Waals surface area contributed by atoms with E-state index in [1.54, 1.807) is 30.3 Å². The molecule has 0 spiro atoms. The van der Waals surface area contributed by atoms with Gasteiger partial charge in [0.15, 0.2) is 18.1 Å². The van der Waals surface area contributed by atoms with Crippen LogP contribution >= 0.6 is 0 Å². The smallest absolute Gasteiger partial charge is 0.271 e. The molecule has 8 nitrogen and oxygen atoms in total. The highest BCUT2D eigenvalue weighted by atomic mass is 16.5. The molecule has 1 aromatic heterocycles. The summed E-state index contributed by atoms with van der Waals surface area (Å²) >= 11 is 0. The summed E-state index contributed by atoms with van der Waals surface area (Å²) in [5, 5.41) is 6.80. The number of amides is 2. The molecule has 1 heterocycles. The molecule has 0 fully saturated rings. The molecule has 2 aromatic carbocycles. The van der Waals surface area contributed by atoms with Crippen LogP contribution in [0.2, 0.25) is 0 Å². The van der Waals surface area contributed by atoms with Crippen LogP contribution in [0.4, 0.5) is 5.69 Å². The van der Waals surface area contributed by atoms with Gasteiger partial charge in [-0.3, -0.25) is 14.6 Å². The maximum atomic E-state index is 12.3. The molecule has 0 aliphatic heterocycles. The van der Waals surface area contributed by atoms with Crippen LogP contribution in [0, 0.1) is 6.92 Å². The first-order valence-corrected chi connectivity index (χ1v) is 10.1. The minimum Gasteiger partial charge on any atom is -0.490 e. The number of hydrogen-bond donors (Lipinski definition) is 2. The molecule has 3 rings (SSSR count). The molecule has 0 unspecified atom stereocenters. The fraction of sp³-hybridized carbons (Fsp3) is 0.167. The van der Waals surface area contributed by atoms with Crippen LogP contribution in [-0.4, -0.2) is 36.2 Å². The Morgan fingerprint density at radius 1 is 1.03 bits per heavy atom. The van der Waals surface area contributed by atoms with E-state index in [4.69, 9.17) is 9.47 Å². The zero-order valence-corrected chi connectivity index (χ0v) is 17.9. The summed E-state index contributed by atoms with van der Waals surface area (Å²) in [6, 6.07) is 15.9. The Kier molecular flexibility index (Phi) is 7.91. The molecule has 2 amide bonds. The van der Waals surface area contributed by atoms with Crippen LogP contribution in [0.1, 0.15) is 28.4 Å². The predicted molar refractivity (Wildman–Crippen MR) is 122 cm³/mol. The van der Waals surface area contributed by atoms with Gasteiger partial charge in [-0.2, -0.15) is 5.10 Å². The standard InChI is InChI=1S/C24H24N4O4/c1-3-31-22-14-18(15-26-28-24(30)19-10-12-25-13-11-19)8-9-21(22)32-16-23(29)27-20-7-5-4-6-17(20)2/h4-15H,3,16H2,1-2H3,(H,27,29)(H,28,30)/b26-15+. The SMILES string of the molecule is CCOc1cc(/C=N/NC(=O)c2ccncc2)ccc1OCC(=O)Nc1ccccc1C. The van der Waals surface area contributed by atoms with Crippen molar-refractivity contribution in [3.63, 3.8) is 0 Å². The van der Waals surface area contributed by atoms with Crippen molar-refractivity contribution in [2.24, 2.45) is 5.10 Å². The first kappa shape index (κ1) is 22.5. The number of pyridine rings is 1. The number of carbonyl (C=O) groups excluding carboxylic acids is 2. The second kappa shape index (κ2) is 11.3. The molecular formula is C24H24N4O4. The van der Waals surface area contributed by atoms with Gasteiger partial charge in [0.2, 0.25) is 0 Å². The lowest BCUT2D eigenvalue weighted by molar-refractivity contribution is -0.118. The average Bonchev–Trinajstić information content (AvgIpc) is 2.81. The van der Waals surface area contributed by atoms with Gasteiger partial charge in [0.1, 0.15) is 0 Å². The summed E-state index contributed by atoms with van der Waals surface area (Å²) in [4.78, 5) is 28.2. The first-order valence-electron chi connectivity index (χ1n) is 10.1. The zero-order valence-electron chi connectivity index (χ0n) is 17.9. The summed E-state index contributed by atoms with van der Waals surface area (Å²) < 4.78 is 11.3. The maximum Gasteiger partial charge on any atom is 0.271 e. The Hall–Kier alpha value is -4.20. The molecule has 2 N–H and O–H groups in total. The Balaban J connectivity index is 1.60. The van der Waals surface area contributed by atoms with E-state index in [0.29, 0.717) is 29.2 Å². The van der Waals surface area contributed by atoms with Gasteiger partial charge in [0.25, 0.3) is 11.8 Å². The Morgan fingerprint density at radius 2 is 1.81 bits per heavy atom. The zero-order chi connectivity index (χ0) is 22.8. The van der Waals surface area contributed by atoms with Crippen molar-refractivity contribution < 1.29 is 19.1 Å². The number of ether oxygens (including phenoxy) is 2. The van der Waals surface area contributed by atoms with Gasteiger partial charge in [0, 0.05) is 23.6 Å². The lowest BCUT2D eigenvalue weighted by Gasteiger charge is -2.13. The molecule has 0 saturated heterocycles. The third-order valence-corrected chi connectivity index (χ3v) is 4.37. The lowest BCUT2D eigenvalue weighted by Crippen LogP contribution is -2.20. The molecule has 32 heavy (non-hydrogen) atoms. The van der Waals surface area contributed by atoms with Crippen molar-refractivity contribution in [2.45, 2.75) is 13.8 Å². The summed E-state index contributed by atoms with van der Waals surface area (Å²) in [5.74, 6) is 0.296. The fourth-order valence-corrected chi connectivity index (χ4v) is 2.77. The number of benzene rings is 2. The third-order valence-electron chi connectivity index (χ3n) is 4.37. The number of nitrogens with zero attached hydrogens (tertiary/aromatic N) is 2. The number of nitrogens with one attached hydrogen (secondary N) is 2. The fourth-order valence-electron chi connectivity index (χ4n) is 2.77. The van der Waals surface area contributed by atoms with E-state index in [-0.39, 0.29) is 18.4 Å². The minimum atomic E-state index is -0.340. The van der Waals surface area contributed by atoms with E-state index >= 15 is 0 Å². The predicted octanol–water partition coefficient (Wildman–Crippen LogP) is 3.57. The van der Waals surface area contributed by atoms with Crippen molar-refractivity contribution in [1.82, 2.24) is 10.4 Å². The van der Waals surface area contributed by atoms with Crippen LogP contribution < -0.4 is 20.2 Å². The number of hydrogen-bond acceptors (Lipinski definition) is 6. The van der Waals surface area contributed by atoms with Crippen molar-refractivity contribution >= 4 is 23.7 Å². The monoisotopic (exact) mass is 432 g/mol. The van der Waals surface area contributed by atoms with E-state index in [2.05, 4.69) is 20.8 Å². The lowest BCUT2D eigenvalue weighted by atomic mass is 10.2. The van der Waals surface area contributed by atoms with Gasteiger partial charge in [0.05, 0.1) is 12.8 Å². The molecule has 0 aliphatic carbocycles. The van der Waals surface area contributed by atoms with Crippen molar-refractivity contribution in [2.75, 3.05) is 18.5 Å². The third kappa shape index (κ3) is 6.40. The number of aromatic nitrogens is 1.